The van der Waals surface area contributed by atoms with Gasteiger partial charge < -0.3 is 4.90 Å². The maximum absolute atomic E-state index is 12.9. The second-order valence-electron chi connectivity index (χ2n) is 8.70. The Morgan fingerprint density at radius 2 is 1.55 bits per heavy atom. The molecule has 2 aliphatic rings. The number of benzene rings is 2. The topological polar surface area (TPSA) is 69.7 Å². The van der Waals surface area contributed by atoms with Crippen molar-refractivity contribution in [2.75, 3.05) is 30.9 Å². The van der Waals surface area contributed by atoms with Crippen LogP contribution in [-0.2, 0) is 10.0 Å². The summed E-state index contributed by atoms with van der Waals surface area (Å²) in [4.78, 5) is 17.5. The van der Waals surface area contributed by atoms with E-state index in [9.17, 15) is 13.2 Å². The van der Waals surface area contributed by atoms with Crippen molar-refractivity contribution in [2.24, 2.45) is 0 Å². The molecule has 0 atom stereocenters. The number of nitrogens with zero attached hydrogens (tertiary/aromatic N) is 2. The Hall–Kier alpha value is -2.38. The lowest BCUT2D eigenvalue weighted by Gasteiger charge is -2.38. The van der Waals surface area contributed by atoms with Crippen molar-refractivity contribution in [1.29, 1.82) is 0 Å². The summed E-state index contributed by atoms with van der Waals surface area (Å²) in [7, 11) is -3.67. The molecule has 7 heteroatoms. The largest absolute Gasteiger partial charge is 0.336 e. The van der Waals surface area contributed by atoms with Gasteiger partial charge in [0, 0.05) is 43.5 Å². The zero-order valence-corrected chi connectivity index (χ0v) is 19.1. The van der Waals surface area contributed by atoms with Crippen LogP contribution in [0.2, 0.25) is 0 Å². The van der Waals surface area contributed by atoms with Gasteiger partial charge in [-0.25, -0.2) is 8.42 Å². The number of anilines is 1. The molecule has 1 aliphatic heterocycles. The van der Waals surface area contributed by atoms with Gasteiger partial charge in [0.05, 0.1) is 4.90 Å². The Labute approximate surface area is 185 Å². The summed E-state index contributed by atoms with van der Waals surface area (Å²) in [5, 5.41) is 0. The third-order valence-electron chi connectivity index (χ3n) is 6.62. The van der Waals surface area contributed by atoms with Crippen LogP contribution in [0.1, 0.15) is 47.2 Å². The van der Waals surface area contributed by atoms with Crippen molar-refractivity contribution in [2.45, 2.75) is 50.5 Å². The molecule has 6 nitrogen and oxygen atoms in total. The molecule has 1 saturated carbocycles. The number of hydrogen-bond donors (Lipinski definition) is 1. The smallest absolute Gasteiger partial charge is 0.261 e. The minimum Gasteiger partial charge on any atom is -0.336 e. The van der Waals surface area contributed by atoms with E-state index in [0.29, 0.717) is 17.3 Å². The summed E-state index contributed by atoms with van der Waals surface area (Å²) < 4.78 is 28.0. The normalized spacial score (nSPS) is 18.3. The van der Waals surface area contributed by atoms with Crippen molar-refractivity contribution in [1.82, 2.24) is 9.80 Å². The van der Waals surface area contributed by atoms with E-state index in [1.54, 1.807) is 42.5 Å². The van der Waals surface area contributed by atoms with Gasteiger partial charge in [-0.1, -0.05) is 18.9 Å². The Bertz CT molecular complexity index is 1040. The second kappa shape index (κ2) is 9.01. The highest BCUT2D eigenvalue weighted by molar-refractivity contribution is 7.92. The van der Waals surface area contributed by atoms with Gasteiger partial charge in [0.15, 0.2) is 0 Å². The number of aryl methyl sites for hydroxylation is 2. The summed E-state index contributed by atoms with van der Waals surface area (Å²) in [6, 6.07) is 12.5. The molecule has 2 aromatic carbocycles. The lowest BCUT2D eigenvalue weighted by molar-refractivity contribution is 0.0573. The van der Waals surface area contributed by atoms with Gasteiger partial charge in [-0.05, 0) is 74.2 Å². The standard InChI is InChI=1S/C24H31N3O3S/c1-18-7-12-23(17-19(18)2)31(29,30)25-21-10-8-20(9-11-21)24(28)27-15-13-26(14-16-27)22-5-3-4-6-22/h7-12,17,22,25H,3-6,13-16H2,1-2H3. The van der Waals surface area contributed by atoms with Crippen molar-refractivity contribution in [3.8, 4) is 0 Å². The fourth-order valence-electron chi connectivity index (χ4n) is 4.52. The van der Waals surface area contributed by atoms with Crippen LogP contribution < -0.4 is 4.72 Å². The average Bonchev–Trinajstić information content (AvgIpc) is 3.30. The average molecular weight is 442 g/mol. The number of carbonyl (C=O) groups is 1. The molecule has 0 spiro atoms. The molecule has 0 bridgehead atoms. The van der Waals surface area contributed by atoms with E-state index in [4.69, 9.17) is 0 Å². The lowest BCUT2D eigenvalue weighted by atomic mass is 10.1. The molecule has 31 heavy (non-hydrogen) atoms. The van der Waals surface area contributed by atoms with Gasteiger partial charge >= 0.3 is 0 Å². The molecule has 4 rings (SSSR count). The number of rotatable bonds is 5. The molecule has 0 radical (unpaired) electrons. The zero-order valence-electron chi connectivity index (χ0n) is 18.3. The van der Waals surface area contributed by atoms with Gasteiger partial charge in [0.25, 0.3) is 15.9 Å². The first-order valence-corrected chi connectivity index (χ1v) is 12.6. The maximum atomic E-state index is 12.9. The highest BCUT2D eigenvalue weighted by atomic mass is 32.2. The minimum atomic E-state index is -3.67. The molecular weight excluding hydrogens is 410 g/mol. The van der Waals surface area contributed by atoms with Crippen LogP contribution in [0.25, 0.3) is 0 Å². The predicted molar refractivity (Wildman–Crippen MR) is 123 cm³/mol. The number of amides is 1. The zero-order chi connectivity index (χ0) is 22.0. The Kier molecular flexibility index (Phi) is 6.34. The van der Waals surface area contributed by atoms with Crippen molar-refractivity contribution < 1.29 is 13.2 Å². The molecule has 166 valence electrons. The molecule has 2 aromatic rings. The van der Waals surface area contributed by atoms with Crippen LogP contribution in [0.3, 0.4) is 0 Å². The number of hydrogen-bond acceptors (Lipinski definition) is 4. The third kappa shape index (κ3) is 4.93. The van der Waals surface area contributed by atoms with Gasteiger partial charge in [0.1, 0.15) is 0 Å². The summed E-state index contributed by atoms with van der Waals surface area (Å²) in [5.74, 6) is 0.00892. The van der Waals surface area contributed by atoms with Crippen molar-refractivity contribution in [3.05, 3.63) is 59.2 Å². The second-order valence-corrected chi connectivity index (χ2v) is 10.4. The Balaban J connectivity index is 1.37. The van der Waals surface area contributed by atoms with E-state index < -0.39 is 10.0 Å². The molecule has 0 aromatic heterocycles. The van der Waals surface area contributed by atoms with Gasteiger partial charge in [-0.15, -0.1) is 0 Å². The van der Waals surface area contributed by atoms with Gasteiger partial charge in [-0.2, -0.15) is 0 Å². The highest BCUT2D eigenvalue weighted by Gasteiger charge is 2.28. The molecule has 1 saturated heterocycles. The summed E-state index contributed by atoms with van der Waals surface area (Å²) in [6.07, 6.45) is 5.22. The summed E-state index contributed by atoms with van der Waals surface area (Å²) in [5.41, 5.74) is 3.01. The first kappa shape index (κ1) is 21.8. The molecular formula is C24H31N3O3S. The molecule has 0 unspecified atom stereocenters. The Morgan fingerprint density at radius 3 is 2.16 bits per heavy atom. The first-order chi connectivity index (χ1) is 14.8. The molecule has 1 heterocycles. The van der Waals surface area contributed by atoms with E-state index in [0.717, 1.165) is 37.3 Å². The number of sulfonamides is 1. The lowest BCUT2D eigenvalue weighted by Crippen LogP contribution is -2.51. The predicted octanol–water partition coefficient (Wildman–Crippen LogP) is 3.80. The van der Waals surface area contributed by atoms with E-state index in [1.807, 2.05) is 18.7 Å². The fraction of sp³-hybridized carbons (Fsp3) is 0.458. The van der Waals surface area contributed by atoms with Crippen LogP contribution in [-0.4, -0.2) is 56.3 Å². The van der Waals surface area contributed by atoms with Crippen molar-refractivity contribution in [3.63, 3.8) is 0 Å². The SMILES string of the molecule is Cc1ccc(S(=O)(=O)Nc2ccc(C(=O)N3CCN(C4CCCC4)CC3)cc2)cc1C. The molecule has 1 aliphatic carbocycles. The molecule has 1 N–H and O–H groups in total. The van der Waals surface area contributed by atoms with E-state index in [-0.39, 0.29) is 10.8 Å². The first-order valence-electron chi connectivity index (χ1n) is 11.1. The van der Waals surface area contributed by atoms with E-state index >= 15 is 0 Å². The minimum absolute atomic E-state index is 0.00892. The van der Waals surface area contributed by atoms with Gasteiger partial charge in [-0.3, -0.25) is 14.4 Å². The number of piperazine rings is 1. The molecule has 2 fully saturated rings. The Morgan fingerprint density at radius 1 is 0.903 bits per heavy atom. The summed E-state index contributed by atoms with van der Waals surface area (Å²) in [6.45, 7) is 7.20. The van der Waals surface area contributed by atoms with Crippen LogP contribution >= 0.6 is 0 Å². The van der Waals surface area contributed by atoms with Crippen LogP contribution in [0.5, 0.6) is 0 Å². The maximum Gasteiger partial charge on any atom is 0.261 e. The molecule has 1 amide bonds. The van der Waals surface area contributed by atoms with E-state index in [1.165, 1.54) is 25.7 Å². The van der Waals surface area contributed by atoms with Crippen LogP contribution in [0.4, 0.5) is 5.69 Å². The van der Waals surface area contributed by atoms with Crippen LogP contribution in [0, 0.1) is 13.8 Å². The van der Waals surface area contributed by atoms with Crippen LogP contribution in [0.15, 0.2) is 47.4 Å². The summed E-state index contributed by atoms with van der Waals surface area (Å²) >= 11 is 0. The fourth-order valence-corrected chi connectivity index (χ4v) is 5.66. The quantitative estimate of drug-likeness (QED) is 0.766. The van der Waals surface area contributed by atoms with E-state index in [2.05, 4.69) is 9.62 Å². The highest BCUT2D eigenvalue weighted by Crippen LogP contribution is 2.25. The van der Waals surface area contributed by atoms with Crippen molar-refractivity contribution >= 4 is 21.6 Å². The third-order valence-corrected chi connectivity index (χ3v) is 7.99. The number of carbonyl (C=O) groups excluding carboxylic acids is 1. The monoisotopic (exact) mass is 441 g/mol. The van der Waals surface area contributed by atoms with Gasteiger partial charge in [0.2, 0.25) is 0 Å². The number of nitrogens with one attached hydrogen (secondary N) is 1.